The quantitative estimate of drug-likeness (QED) is 0.603. The maximum Gasteiger partial charge on any atom is 0.191 e. The number of likely N-dealkylation sites (N-methyl/N-ethyl adjacent to an activating group) is 1. The number of morpholine rings is 1. The van der Waals surface area contributed by atoms with Crippen molar-refractivity contribution < 1.29 is 4.74 Å². The van der Waals surface area contributed by atoms with Crippen LogP contribution in [-0.4, -0.2) is 75.9 Å². The fraction of sp³-hybridized carbons (Fsp3) is 0.632. The molecule has 0 aromatic heterocycles. The Bertz CT molecular complexity index is 611. The van der Waals surface area contributed by atoms with E-state index in [2.05, 4.69) is 40.5 Å². The molecule has 1 aromatic rings. The van der Waals surface area contributed by atoms with Crippen LogP contribution in [0, 0.1) is 0 Å². The van der Waals surface area contributed by atoms with Crippen LogP contribution in [0.25, 0.3) is 0 Å². The highest BCUT2D eigenvalue weighted by atomic mass is 35.5. The second-order valence-corrected chi connectivity index (χ2v) is 7.47. The van der Waals surface area contributed by atoms with Gasteiger partial charge in [0.15, 0.2) is 5.96 Å². The number of nitrogens with one attached hydrogen (secondary N) is 2. The fourth-order valence-corrected chi connectivity index (χ4v) is 3.65. The third-order valence-electron chi connectivity index (χ3n) is 4.84. The van der Waals surface area contributed by atoms with Crippen molar-refractivity contribution in [2.75, 3.05) is 57.8 Å². The minimum Gasteiger partial charge on any atom is -0.374 e. The highest BCUT2D eigenvalue weighted by Gasteiger charge is 2.24. The predicted octanol–water partition coefficient (Wildman–Crippen LogP) is 1.80. The number of aliphatic imine (C=N–C) groups is 1. The van der Waals surface area contributed by atoms with E-state index in [1.54, 1.807) is 0 Å². The molecule has 2 saturated heterocycles. The lowest BCUT2D eigenvalue weighted by atomic mass is 10.2. The van der Waals surface area contributed by atoms with Crippen LogP contribution in [0.1, 0.15) is 13.3 Å². The van der Waals surface area contributed by atoms with E-state index in [1.807, 2.05) is 18.2 Å². The first-order chi connectivity index (χ1) is 12.6. The number of ether oxygens (including phenoxy) is 1. The standard InChI is InChI=1S/C19H30ClN5O/c1-3-21-19(22-12-18-14-24(2)9-10-26-18)23-16-7-8-25(13-16)17-6-4-5-15(20)11-17/h4-6,11,16,18H,3,7-10,12-14H2,1-2H3,(H2,21,22,23). The summed E-state index contributed by atoms with van der Waals surface area (Å²) < 4.78 is 5.81. The largest absolute Gasteiger partial charge is 0.374 e. The second kappa shape index (κ2) is 9.44. The molecule has 3 rings (SSSR count). The molecule has 2 atom stereocenters. The molecule has 2 fully saturated rings. The van der Waals surface area contributed by atoms with Crippen molar-refractivity contribution in [1.82, 2.24) is 15.5 Å². The van der Waals surface area contributed by atoms with E-state index in [9.17, 15) is 0 Å². The zero-order chi connectivity index (χ0) is 18.4. The van der Waals surface area contributed by atoms with E-state index in [1.165, 1.54) is 5.69 Å². The van der Waals surface area contributed by atoms with Crippen molar-refractivity contribution in [1.29, 1.82) is 0 Å². The number of hydrogen-bond donors (Lipinski definition) is 2. The normalized spacial score (nSPS) is 24.7. The van der Waals surface area contributed by atoms with Crippen LogP contribution in [0.5, 0.6) is 0 Å². The Morgan fingerprint density at radius 2 is 2.23 bits per heavy atom. The van der Waals surface area contributed by atoms with Gasteiger partial charge in [0.1, 0.15) is 0 Å². The lowest BCUT2D eigenvalue weighted by Crippen LogP contribution is -2.46. The minimum atomic E-state index is 0.177. The lowest BCUT2D eigenvalue weighted by Gasteiger charge is -2.29. The van der Waals surface area contributed by atoms with E-state index in [4.69, 9.17) is 21.3 Å². The molecule has 0 amide bonds. The first kappa shape index (κ1) is 19.3. The molecule has 2 heterocycles. The minimum absolute atomic E-state index is 0.177. The Morgan fingerprint density at radius 3 is 3.00 bits per heavy atom. The van der Waals surface area contributed by atoms with Crippen molar-refractivity contribution in [3.8, 4) is 0 Å². The third kappa shape index (κ3) is 5.50. The fourth-order valence-electron chi connectivity index (χ4n) is 3.47. The number of nitrogens with zero attached hydrogens (tertiary/aromatic N) is 3. The van der Waals surface area contributed by atoms with Crippen LogP contribution in [0.2, 0.25) is 5.02 Å². The van der Waals surface area contributed by atoms with E-state index < -0.39 is 0 Å². The van der Waals surface area contributed by atoms with Crippen LogP contribution in [0.15, 0.2) is 29.3 Å². The van der Waals surface area contributed by atoms with E-state index in [0.29, 0.717) is 12.6 Å². The van der Waals surface area contributed by atoms with Gasteiger partial charge in [-0.25, -0.2) is 0 Å². The lowest BCUT2D eigenvalue weighted by molar-refractivity contribution is -0.0136. The molecule has 0 spiro atoms. The summed E-state index contributed by atoms with van der Waals surface area (Å²) in [5, 5.41) is 7.71. The van der Waals surface area contributed by atoms with Gasteiger partial charge < -0.3 is 25.2 Å². The molecular weight excluding hydrogens is 350 g/mol. The number of anilines is 1. The summed E-state index contributed by atoms with van der Waals surface area (Å²) in [4.78, 5) is 9.41. The molecule has 7 heteroatoms. The van der Waals surface area contributed by atoms with Gasteiger partial charge in [0.05, 0.1) is 19.3 Å². The molecule has 0 saturated carbocycles. The van der Waals surface area contributed by atoms with E-state index >= 15 is 0 Å². The maximum absolute atomic E-state index is 6.12. The smallest absolute Gasteiger partial charge is 0.191 e. The van der Waals surface area contributed by atoms with Gasteiger partial charge in [-0.3, -0.25) is 4.99 Å². The number of guanidine groups is 1. The summed E-state index contributed by atoms with van der Waals surface area (Å²) >= 11 is 6.12. The van der Waals surface area contributed by atoms with Crippen molar-refractivity contribution in [3.05, 3.63) is 29.3 Å². The van der Waals surface area contributed by atoms with Crippen LogP contribution >= 0.6 is 11.6 Å². The van der Waals surface area contributed by atoms with Crippen LogP contribution in [-0.2, 0) is 4.74 Å². The molecule has 0 aliphatic carbocycles. The monoisotopic (exact) mass is 379 g/mol. The average molecular weight is 380 g/mol. The Morgan fingerprint density at radius 1 is 1.35 bits per heavy atom. The van der Waals surface area contributed by atoms with Crippen LogP contribution in [0.3, 0.4) is 0 Å². The topological polar surface area (TPSA) is 52.1 Å². The van der Waals surface area contributed by atoms with Gasteiger partial charge >= 0.3 is 0 Å². The zero-order valence-corrected chi connectivity index (χ0v) is 16.5. The number of halogens is 1. The van der Waals surface area contributed by atoms with E-state index in [-0.39, 0.29) is 6.10 Å². The van der Waals surface area contributed by atoms with Gasteiger partial charge in [-0.2, -0.15) is 0 Å². The van der Waals surface area contributed by atoms with Gasteiger partial charge in [-0.05, 0) is 38.6 Å². The number of benzene rings is 1. The molecule has 2 aliphatic rings. The summed E-state index contributed by atoms with van der Waals surface area (Å²) in [5.74, 6) is 0.877. The first-order valence-corrected chi connectivity index (χ1v) is 9.87. The van der Waals surface area contributed by atoms with Crippen LogP contribution in [0.4, 0.5) is 5.69 Å². The van der Waals surface area contributed by atoms with Crippen LogP contribution < -0.4 is 15.5 Å². The molecule has 0 radical (unpaired) electrons. The summed E-state index contributed by atoms with van der Waals surface area (Å²) in [6, 6.07) is 8.44. The molecule has 26 heavy (non-hydrogen) atoms. The Kier molecular flexibility index (Phi) is 7.00. The molecule has 2 unspecified atom stereocenters. The molecule has 1 aromatic carbocycles. The summed E-state index contributed by atoms with van der Waals surface area (Å²) in [5.41, 5.74) is 1.18. The average Bonchev–Trinajstić information content (AvgIpc) is 3.09. The Balaban J connectivity index is 1.53. The molecule has 2 aliphatic heterocycles. The van der Waals surface area contributed by atoms with Crippen molar-refractivity contribution in [3.63, 3.8) is 0 Å². The van der Waals surface area contributed by atoms with Gasteiger partial charge in [0.2, 0.25) is 0 Å². The van der Waals surface area contributed by atoms with Gasteiger partial charge in [-0.1, -0.05) is 17.7 Å². The van der Waals surface area contributed by atoms with Gasteiger partial charge in [0.25, 0.3) is 0 Å². The van der Waals surface area contributed by atoms with Gasteiger partial charge in [-0.15, -0.1) is 0 Å². The third-order valence-corrected chi connectivity index (χ3v) is 5.08. The molecule has 6 nitrogen and oxygen atoms in total. The SMILES string of the molecule is CCNC(=NCC1CN(C)CCO1)NC1CCN(c2cccc(Cl)c2)C1. The highest BCUT2D eigenvalue weighted by Crippen LogP contribution is 2.23. The molecule has 2 N–H and O–H groups in total. The summed E-state index contributed by atoms with van der Waals surface area (Å²) in [6.45, 7) is 8.33. The highest BCUT2D eigenvalue weighted by molar-refractivity contribution is 6.30. The first-order valence-electron chi connectivity index (χ1n) is 9.49. The summed E-state index contributed by atoms with van der Waals surface area (Å²) in [7, 11) is 2.13. The Labute approximate surface area is 161 Å². The zero-order valence-electron chi connectivity index (χ0n) is 15.7. The van der Waals surface area contributed by atoms with Crippen molar-refractivity contribution in [2.24, 2.45) is 4.99 Å². The van der Waals surface area contributed by atoms with Crippen molar-refractivity contribution >= 4 is 23.2 Å². The Hall–Kier alpha value is -1.50. The predicted molar refractivity (Wildman–Crippen MR) is 108 cm³/mol. The van der Waals surface area contributed by atoms with Gasteiger partial charge in [0, 0.05) is 49.5 Å². The van der Waals surface area contributed by atoms with E-state index in [0.717, 1.165) is 56.7 Å². The van der Waals surface area contributed by atoms with Crippen molar-refractivity contribution in [2.45, 2.75) is 25.5 Å². The summed E-state index contributed by atoms with van der Waals surface area (Å²) in [6.07, 6.45) is 1.26. The number of rotatable bonds is 5. The molecular formula is C19H30ClN5O. The molecule has 144 valence electrons. The number of hydrogen-bond acceptors (Lipinski definition) is 4. The second-order valence-electron chi connectivity index (χ2n) is 7.03. The molecule has 0 bridgehead atoms. The maximum atomic E-state index is 6.12.